The third kappa shape index (κ3) is 33.9. The number of aldehydes is 1. The van der Waals surface area contributed by atoms with E-state index < -0.39 is 0 Å². The second kappa shape index (κ2) is 51.7. The molecule has 3 unspecified atom stereocenters. The first-order valence-corrected chi connectivity index (χ1v) is 33.4. The SMILES string of the molecule is C=C1CC2C=Nc3cc(OCc4cc(C#CCNC(=O)CCOCCOCCOCCOCCC)cc(COc5cc(C)c(C=O)cc5OC)c4)c(OC)cc3C(=O)N2C1.C=CC(C)CC(=C)CC.CC.CC.CC.CC(C)C.CCC(C)C(=O)CCN1C(=O)C=CC1=O. The Morgan fingerprint density at radius 1 is 0.734 bits per heavy atom. The van der Waals surface area contributed by atoms with Crippen LogP contribution in [0.2, 0.25) is 0 Å². The number of aryl methyl sites for hydroxylation is 1. The molecule has 3 heterocycles. The molecule has 3 atom stereocenters. The third-order valence-electron chi connectivity index (χ3n) is 13.7. The molecule has 18 nitrogen and oxygen atoms in total. The number of aliphatic imine (C=N–C) groups is 1. The summed E-state index contributed by atoms with van der Waals surface area (Å²) in [5.41, 5.74) is 6.76. The van der Waals surface area contributed by atoms with Crippen LogP contribution in [0.15, 0.2) is 96.6 Å². The molecule has 6 rings (SSSR count). The zero-order chi connectivity index (χ0) is 71.0. The second-order valence-electron chi connectivity index (χ2n) is 22.1. The van der Waals surface area contributed by atoms with Gasteiger partial charge in [-0.3, -0.25) is 38.7 Å². The van der Waals surface area contributed by atoms with Crippen molar-refractivity contribution >= 4 is 47.6 Å². The van der Waals surface area contributed by atoms with Crippen molar-refractivity contribution in [3.8, 4) is 34.8 Å². The van der Waals surface area contributed by atoms with Gasteiger partial charge < -0.3 is 48.1 Å². The number of fused-ring (bicyclic) bond motifs is 2. The molecule has 3 aromatic carbocycles. The first-order chi connectivity index (χ1) is 45.2. The summed E-state index contributed by atoms with van der Waals surface area (Å²) in [5.74, 6) is 8.48. The number of benzene rings is 3. The van der Waals surface area contributed by atoms with Gasteiger partial charge in [0.15, 0.2) is 23.0 Å². The highest BCUT2D eigenvalue weighted by atomic mass is 16.6. The van der Waals surface area contributed by atoms with E-state index >= 15 is 0 Å². The lowest BCUT2D eigenvalue weighted by molar-refractivity contribution is -0.137. The van der Waals surface area contributed by atoms with E-state index in [2.05, 4.69) is 83.4 Å². The number of nitrogens with one attached hydrogen (secondary N) is 1. The smallest absolute Gasteiger partial charge is 0.257 e. The number of ketones is 1. The van der Waals surface area contributed by atoms with E-state index in [1.165, 1.54) is 31.9 Å². The van der Waals surface area contributed by atoms with E-state index in [0.29, 0.717) is 104 Å². The molecule has 0 aliphatic carbocycles. The summed E-state index contributed by atoms with van der Waals surface area (Å²) < 4.78 is 45.5. The van der Waals surface area contributed by atoms with Gasteiger partial charge in [-0.25, -0.2) is 0 Å². The van der Waals surface area contributed by atoms with Gasteiger partial charge in [-0.05, 0) is 104 Å². The molecule has 0 bridgehead atoms. The van der Waals surface area contributed by atoms with Gasteiger partial charge in [-0.2, -0.15) is 0 Å². The van der Waals surface area contributed by atoms with Crippen molar-refractivity contribution in [3.63, 3.8) is 0 Å². The molecule has 1 N–H and O–H groups in total. The molecule has 522 valence electrons. The van der Waals surface area contributed by atoms with Crippen LogP contribution in [0.3, 0.4) is 0 Å². The van der Waals surface area contributed by atoms with Gasteiger partial charge >= 0.3 is 0 Å². The lowest BCUT2D eigenvalue weighted by atomic mass is 10.0. The molecule has 94 heavy (non-hydrogen) atoms. The van der Waals surface area contributed by atoms with Crippen molar-refractivity contribution in [2.75, 3.05) is 86.7 Å². The first-order valence-electron chi connectivity index (χ1n) is 33.4. The summed E-state index contributed by atoms with van der Waals surface area (Å²) in [7, 11) is 3.04. The molecule has 18 heteroatoms. The van der Waals surface area contributed by atoms with Gasteiger partial charge in [0, 0.05) is 74.0 Å². The number of carbonyl (C=O) groups excluding carboxylic acids is 6. The summed E-state index contributed by atoms with van der Waals surface area (Å²) in [4.78, 5) is 78.7. The summed E-state index contributed by atoms with van der Waals surface area (Å²) >= 11 is 0. The number of hydrogen-bond donors (Lipinski definition) is 1. The van der Waals surface area contributed by atoms with E-state index in [9.17, 15) is 28.8 Å². The van der Waals surface area contributed by atoms with Crippen molar-refractivity contribution in [1.82, 2.24) is 15.1 Å². The van der Waals surface area contributed by atoms with E-state index in [1.54, 1.807) is 35.4 Å². The van der Waals surface area contributed by atoms with E-state index in [4.69, 9.17) is 37.9 Å². The first kappa shape index (κ1) is 86.3. The molecule has 3 aliphatic heterocycles. The molecule has 0 saturated carbocycles. The maximum absolute atomic E-state index is 13.5. The Hall–Kier alpha value is -7.69. The lowest BCUT2D eigenvalue weighted by Gasteiger charge is -2.20. The average Bonchev–Trinajstić information content (AvgIpc) is 1.59. The highest BCUT2D eigenvalue weighted by Gasteiger charge is 2.34. The Balaban J connectivity index is 0.00000208. The number of nitrogens with zero attached hydrogens (tertiary/aromatic N) is 3. The molecule has 3 aromatic rings. The zero-order valence-corrected chi connectivity index (χ0v) is 60.1. The van der Waals surface area contributed by atoms with Gasteiger partial charge in [-0.15, -0.1) is 6.58 Å². The number of carbonyl (C=O) groups is 6. The lowest BCUT2D eigenvalue weighted by Crippen LogP contribution is -2.35. The number of ether oxygens (including phenoxy) is 8. The predicted molar refractivity (Wildman–Crippen MR) is 379 cm³/mol. The van der Waals surface area contributed by atoms with Gasteiger partial charge in [0.25, 0.3) is 17.7 Å². The highest BCUT2D eigenvalue weighted by molar-refractivity contribution is 6.13. The molecular weight excluding hydrogens is 1190 g/mol. The minimum absolute atomic E-state index is 0.00534. The van der Waals surface area contributed by atoms with Crippen molar-refractivity contribution < 1.29 is 66.7 Å². The maximum Gasteiger partial charge on any atom is 0.257 e. The summed E-state index contributed by atoms with van der Waals surface area (Å²) in [6.07, 6.45) is 12.1. The van der Waals surface area contributed by atoms with Crippen LogP contribution in [0, 0.1) is 36.5 Å². The molecular formula is C76H114N4O14. The normalized spacial score (nSPS) is 13.6. The highest BCUT2D eigenvalue weighted by Crippen LogP contribution is 2.39. The summed E-state index contributed by atoms with van der Waals surface area (Å²) in [5, 5.41) is 2.81. The number of allylic oxidation sites excluding steroid dienone is 2. The van der Waals surface area contributed by atoms with Crippen LogP contribution in [0.1, 0.15) is 185 Å². The van der Waals surface area contributed by atoms with E-state index in [0.717, 1.165) is 71.7 Å². The molecule has 0 radical (unpaired) electrons. The molecule has 1 saturated heterocycles. The zero-order valence-electron chi connectivity index (χ0n) is 60.1. The van der Waals surface area contributed by atoms with Crippen LogP contribution < -0.4 is 24.3 Å². The number of amides is 4. The Kier molecular flexibility index (Phi) is 47.5. The van der Waals surface area contributed by atoms with Crippen LogP contribution in [0.25, 0.3) is 0 Å². The van der Waals surface area contributed by atoms with E-state index in [1.807, 2.05) is 86.6 Å². The number of Topliss-reactive ketones (excluding diaryl/α,β-unsaturated/α-hetero) is 1. The molecule has 4 amide bonds. The van der Waals surface area contributed by atoms with Crippen LogP contribution >= 0.6 is 0 Å². The second-order valence-corrected chi connectivity index (χ2v) is 22.1. The molecule has 1 fully saturated rings. The Bertz CT molecular complexity index is 2900. The standard InChI is InChI=1S/C46H55N3O11.C11H15NO3.C9H16.C4H10.3C2H6/c1-6-11-55-13-15-57-17-18-58-16-14-56-12-9-45(51)47-10-7-8-34-21-35(30-59-43-20-33(3)37(29-50)24-41(43)53-4)23-36(22-34)31-60-44-26-40-39(25-42(44)54-5)46(52)49-28-32(2)19-38(49)27-48-40;1-3-8(2)9(13)6-7-12-10(14)4-5-11(12)15;1-5-8(3)7-9(4)6-2;1-4(2)3;3*1-2/h20-27,29,38H,2,6,9-19,28,30-31H2,1,3-5H3,(H,47,51);4-5,8H,3,6-7H2,1-2H3;5,8H,1,4,6-7H2,2-3H3;4H,1-3H3;3*1-2H3. The Labute approximate surface area is 564 Å². The van der Waals surface area contributed by atoms with Crippen LogP contribution in [0.5, 0.6) is 23.0 Å². The van der Waals surface area contributed by atoms with Gasteiger partial charge in [0.1, 0.15) is 25.3 Å². The van der Waals surface area contributed by atoms with Crippen molar-refractivity contribution in [1.29, 1.82) is 0 Å². The fourth-order valence-corrected chi connectivity index (χ4v) is 8.48. The topological polar surface area (TPSA) is 207 Å². The fraction of sp³-hybridized carbons (Fsp3) is 0.539. The fourth-order valence-electron chi connectivity index (χ4n) is 8.48. The summed E-state index contributed by atoms with van der Waals surface area (Å²) in [6, 6.07) is 12.4. The minimum Gasteiger partial charge on any atom is -0.493 e. The van der Waals surface area contributed by atoms with Crippen LogP contribution in [-0.2, 0) is 51.3 Å². The van der Waals surface area contributed by atoms with Crippen molar-refractivity contribution in [2.24, 2.45) is 22.7 Å². The number of methoxy groups -OCH3 is 2. The van der Waals surface area contributed by atoms with E-state index in [-0.39, 0.29) is 87.1 Å². The molecule has 3 aliphatic rings. The Morgan fingerprint density at radius 3 is 1.78 bits per heavy atom. The third-order valence-corrected chi connectivity index (χ3v) is 13.7. The largest absolute Gasteiger partial charge is 0.493 e. The number of rotatable bonds is 33. The molecule has 0 spiro atoms. The maximum atomic E-state index is 13.5. The van der Waals surface area contributed by atoms with Gasteiger partial charge in [-0.1, -0.05) is 139 Å². The predicted octanol–water partition coefficient (Wildman–Crippen LogP) is 14.6. The quantitative estimate of drug-likeness (QED) is 0.0198. The summed E-state index contributed by atoms with van der Waals surface area (Å²) in [6.45, 7) is 47.1. The molecule has 0 aromatic heterocycles. The van der Waals surface area contributed by atoms with Crippen molar-refractivity contribution in [2.45, 2.75) is 168 Å². The van der Waals surface area contributed by atoms with Gasteiger partial charge in [0.2, 0.25) is 5.91 Å². The van der Waals surface area contributed by atoms with Crippen LogP contribution in [-0.4, -0.2) is 144 Å². The van der Waals surface area contributed by atoms with Crippen LogP contribution in [0.4, 0.5) is 5.69 Å². The number of imide groups is 1. The average molecular weight is 1310 g/mol. The Morgan fingerprint density at radius 2 is 1.27 bits per heavy atom. The van der Waals surface area contributed by atoms with Gasteiger partial charge in [0.05, 0.1) is 84.3 Å². The monoisotopic (exact) mass is 1310 g/mol. The van der Waals surface area contributed by atoms with Crippen molar-refractivity contribution in [3.05, 3.63) is 125 Å². The minimum atomic E-state index is -0.322. The number of hydrogen-bond acceptors (Lipinski definition) is 15.